The summed E-state index contributed by atoms with van der Waals surface area (Å²) in [6.45, 7) is 7.32. The number of amides is 3. The SMILES string of the molecule is CC(C)(C)c1nc(-c2ccc(CNC(=O)N3CCC(NC(=O)O)C3)cc2)no1. The number of carbonyl (C=O) groups is 2. The van der Waals surface area contributed by atoms with Crippen LogP contribution in [0.25, 0.3) is 11.4 Å². The van der Waals surface area contributed by atoms with Crippen LogP contribution in [0.3, 0.4) is 0 Å². The summed E-state index contributed by atoms with van der Waals surface area (Å²) in [5.74, 6) is 1.12. The van der Waals surface area contributed by atoms with Crippen molar-refractivity contribution in [1.29, 1.82) is 0 Å². The van der Waals surface area contributed by atoms with Gasteiger partial charge in [-0.3, -0.25) is 0 Å². The van der Waals surface area contributed by atoms with Gasteiger partial charge in [-0.25, -0.2) is 9.59 Å². The Kier molecular flexibility index (Phi) is 5.53. The van der Waals surface area contributed by atoms with Crippen LogP contribution in [0.5, 0.6) is 0 Å². The van der Waals surface area contributed by atoms with Crippen LogP contribution in [-0.2, 0) is 12.0 Å². The van der Waals surface area contributed by atoms with Gasteiger partial charge in [0.1, 0.15) is 0 Å². The van der Waals surface area contributed by atoms with Gasteiger partial charge in [0.2, 0.25) is 11.7 Å². The lowest BCUT2D eigenvalue weighted by Crippen LogP contribution is -2.41. The summed E-state index contributed by atoms with van der Waals surface area (Å²) < 4.78 is 5.32. The molecule has 9 heteroatoms. The van der Waals surface area contributed by atoms with E-state index in [1.165, 1.54) is 0 Å². The number of benzene rings is 1. The summed E-state index contributed by atoms with van der Waals surface area (Å²) in [6, 6.07) is 7.17. The number of hydrogen-bond acceptors (Lipinski definition) is 5. The van der Waals surface area contributed by atoms with E-state index in [1.54, 1.807) is 4.90 Å². The molecule has 3 rings (SSSR count). The number of carbonyl (C=O) groups excluding carboxylic acids is 1. The van der Waals surface area contributed by atoms with E-state index in [0.717, 1.165) is 11.1 Å². The number of likely N-dealkylation sites (tertiary alicyclic amines) is 1. The van der Waals surface area contributed by atoms with E-state index < -0.39 is 6.09 Å². The lowest BCUT2D eigenvalue weighted by Gasteiger charge is -2.17. The Balaban J connectivity index is 1.53. The van der Waals surface area contributed by atoms with Crippen molar-refractivity contribution in [3.05, 3.63) is 35.7 Å². The number of urea groups is 1. The molecule has 3 N–H and O–H groups in total. The molecular formula is C19H25N5O4. The van der Waals surface area contributed by atoms with E-state index in [0.29, 0.717) is 37.8 Å². The first-order valence-electron chi connectivity index (χ1n) is 9.18. The predicted octanol–water partition coefficient (Wildman–Crippen LogP) is 2.59. The Morgan fingerprint density at radius 2 is 2.00 bits per heavy atom. The highest BCUT2D eigenvalue weighted by Crippen LogP contribution is 2.24. The van der Waals surface area contributed by atoms with Gasteiger partial charge in [-0.05, 0) is 12.0 Å². The molecule has 1 aliphatic rings. The average molecular weight is 387 g/mol. The minimum Gasteiger partial charge on any atom is -0.465 e. The highest BCUT2D eigenvalue weighted by atomic mass is 16.5. The molecule has 2 heterocycles. The van der Waals surface area contributed by atoms with Gasteiger partial charge < -0.3 is 25.2 Å². The van der Waals surface area contributed by atoms with E-state index in [9.17, 15) is 9.59 Å². The van der Waals surface area contributed by atoms with Gasteiger partial charge in [0, 0.05) is 30.6 Å². The van der Waals surface area contributed by atoms with Gasteiger partial charge in [0.25, 0.3) is 0 Å². The molecule has 3 amide bonds. The van der Waals surface area contributed by atoms with Crippen molar-refractivity contribution in [2.75, 3.05) is 13.1 Å². The third kappa shape index (κ3) is 4.79. The monoisotopic (exact) mass is 387 g/mol. The van der Waals surface area contributed by atoms with E-state index in [1.807, 2.05) is 45.0 Å². The van der Waals surface area contributed by atoms with Gasteiger partial charge in [0.15, 0.2) is 0 Å². The quantitative estimate of drug-likeness (QED) is 0.741. The molecule has 150 valence electrons. The summed E-state index contributed by atoms with van der Waals surface area (Å²) in [4.78, 5) is 29.0. The van der Waals surface area contributed by atoms with Gasteiger partial charge in [-0.2, -0.15) is 4.98 Å². The fourth-order valence-corrected chi connectivity index (χ4v) is 2.94. The van der Waals surface area contributed by atoms with Gasteiger partial charge in [-0.1, -0.05) is 50.2 Å². The Morgan fingerprint density at radius 3 is 2.61 bits per heavy atom. The van der Waals surface area contributed by atoms with Crippen LogP contribution in [-0.4, -0.2) is 51.4 Å². The number of nitrogens with zero attached hydrogens (tertiary/aromatic N) is 3. The van der Waals surface area contributed by atoms with Gasteiger partial charge >= 0.3 is 12.1 Å². The first-order chi connectivity index (χ1) is 13.2. The molecule has 28 heavy (non-hydrogen) atoms. The predicted molar refractivity (Wildman–Crippen MR) is 102 cm³/mol. The fourth-order valence-electron chi connectivity index (χ4n) is 2.94. The summed E-state index contributed by atoms with van der Waals surface area (Å²) in [7, 11) is 0. The minimum atomic E-state index is -1.07. The lowest BCUT2D eigenvalue weighted by molar-refractivity contribution is 0.188. The standard InChI is InChI=1S/C19H25N5O4/c1-19(2,3)16-22-15(23-28-16)13-6-4-12(5-7-13)10-20-17(25)24-9-8-14(11-24)21-18(26)27/h4-7,14,21H,8-11H2,1-3H3,(H,20,25)(H,26,27). The lowest BCUT2D eigenvalue weighted by atomic mass is 9.97. The normalized spacial score (nSPS) is 16.8. The summed E-state index contributed by atoms with van der Waals surface area (Å²) in [6.07, 6.45) is -0.445. The van der Waals surface area contributed by atoms with Crippen LogP contribution in [0.15, 0.2) is 28.8 Å². The molecule has 1 fully saturated rings. The van der Waals surface area contributed by atoms with Crippen LogP contribution in [0, 0.1) is 0 Å². The number of carboxylic acid groups (broad SMARTS) is 1. The average Bonchev–Trinajstić information content (AvgIpc) is 3.29. The number of nitrogens with one attached hydrogen (secondary N) is 2. The van der Waals surface area contributed by atoms with Crippen LogP contribution < -0.4 is 10.6 Å². The zero-order valence-corrected chi connectivity index (χ0v) is 16.2. The molecule has 2 aromatic rings. The third-order valence-corrected chi connectivity index (χ3v) is 4.53. The topological polar surface area (TPSA) is 121 Å². The van der Waals surface area contributed by atoms with E-state index >= 15 is 0 Å². The largest absolute Gasteiger partial charge is 0.465 e. The van der Waals surface area contributed by atoms with Crippen molar-refractivity contribution in [3.8, 4) is 11.4 Å². The molecule has 1 atom stereocenters. The Morgan fingerprint density at radius 1 is 1.29 bits per heavy atom. The molecule has 1 aromatic carbocycles. The van der Waals surface area contributed by atoms with Crippen LogP contribution in [0.2, 0.25) is 0 Å². The number of rotatable bonds is 4. The summed E-state index contributed by atoms with van der Waals surface area (Å²) in [5, 5.41) is 18.0. The maximum atomic E-state index is 12.2. The first kappa shape index (κ1) is 19.7. The van der Waals surface area contributed by atoms with Crippen molar-refractivity contribution >= 4 is 12.1 Å². The smallest absolute Gasteiger partial charge is 0.404 e. The molecule has 1 unspecified atom stereocenters. The Bertz CT molecular complexity index is 841. The minimum absolute atomic E-state index is 0.202. The second-order valence-electron chi connectivity index (χ2n) is 7.91. The maximum absolute atomic E-state index is 12.2. The van der Waals surface area contributed by atoms with Crippen LogP contribution in [0.4, 0.5) is 9.59 Å². The van der Waals surface area contributed by atoms with Gasteiger partial charge in [-0.15, -0.1) is 0 Å². The molecule has 1 aromatic heterocycles. The molecule has 0 saturated carbocycles. The molecule has 0 bridgehead atoms. The van der Waals surface area contributed by atoms with Crippen molar-refractivity contribution in [1.82, 2.24) is 25.7 Å². The van der Waals surface area contributed by atoms with E-state index in [-0.39, 0.29) is 17.5 Å². The van der Waals surface area contributed by atoms with E-state index in [4.69, 9.17) is 9.63 Å². The first-order valence-corrected chi connectivity index (χ1v) is 9.18. The molecule has 1 saturated heterocycles. The molecule has 0 aliphatic carbocycles. The van der Waals surface area contributed by atoms with Crippen LogP contribution in [0.1, 0.15) is 38.6 Å². The molecule has 0 radical (unpaired) electrons. The van der Waals surface area contributed by atoms with E-state index in [2.05, 4.69) is 20.8 Å². The Hall–Kier alpha value is -3.10. The number of hydrogen-bond donors (Lipinski definition) is 3. The van der Waals surface area contributed by atoms with Crippen molar-refractivity contribution in [2.24, 2.45) is 0 Å². The highest BCUT2D eigenvalue weighted by Gasteiger charge is 2.27. The van der Waals surface area contributed by atoms with Gasteiger partial charge in [0.05, 0.1) is 6.04 Å². The van der Waals surface area contributed by atoms with Crippen molar-refractivity contribution in [3.63, 3.8) is 0 Å². The fraction of sp³-hybridized carbons (Fsp3) is 0.474. The number of aromatic nitrogens is 2. The Labute approximate surface area is 163 Å². The molecular weight excluding hydrogens is 362 g/mol. The molecule has 0 spiro atoms. The second-order valence-corrected chi connectivity index (χ2v) is 7.91. The summed E-state index contributed by atoms with van der Waals surface area (Å²) >= 11 is 0. The van der Waals surface area contributed by atoms with Crippen molar-refractivity contribution < 1.29 is 19.2 Å². The zero-order valence-electron chi connectivity index (χ0n) is 16.2. The third-order valence-electron chi connectivity index (χ3n) is 4.53. The summed E-state index contributed by atoms with van der Waals surface area (Å²) in [5.41, 5.74) is 1.58. The highest BCUT2D eigenvalue weighted by molar-refractivity contribution is 5.75. The van der Waals surface area contributed by atoms with Crippen LogP contribution >= 0.6 is 0 Å². The molecule has 1 aliphatic heterocycles. The molecule has 9 nitrogen and oxygen atoms in total. The second kappa shape index (κ2) is 7.87. The maximum Gasteiger partial charge on any atom is 0.404 e. The zero-order chi connectivity index (χ0) is 20.3. The van der Waals surface area contributed by atoms with Crippen molar-refractivity contribution in [2.45, 2.75) is 45.2 Å².